The molecule has 7 heteroatoms. The minimum atomic E-state index is -0.652. The van der Waals surface area contributed by atoms with Crippen LogP contribution in [0.15, 0.2) is 9.32 Å². The van der Waals surface area contributed by atoms with Crippen molar-refractivity contribution >= 4 is 12.0 Å². The molecular formula is C7H10N4O3. The summed E-state index contributed by atoms with van der Waals surface area (Å²) in [4.78, 5) is 27.6. The van der Waals surface area contributed by atoms with E-state index < -0.39 is 5.76 Å². The normalized spacial score (nSPS) is 17.6. The number of rotatable bonds is 1. The van der Waals surface area contributed by atoms with Crippen LogP contribution in [0.25, 0.3) is 0 Å². The average molecular weight is 198 g/mol. The van der Waals surface area contributed by atoms with Crippen molar-refractivity contribution in [3.05, 3.63) is 10.6 Å². The molecule has 1 aliphatic heterocycles. The van der Waals surface area contributed by atoms with Crippen LogP contribution in [0, 0.1) is 0 Å². The van der Waals surface area contributed by atoms with Gasteiger partial charge in [0, 0.05) is 20.1 Å². The van der Waals surface area contributed by atoms with Gasteiger partial charge in [-0.2, -0.15) is 0 Å². The van der Waals surface area contributed by atoms with Crippen LogP contribution < -0.4 is 10.7 Å². The van der Waals surface area contributed by atoms with Crippen LogP contribution in [-0.2, 0) is 0 Å². The number of nitrogens with zero attached hydrogens (tertiary/aromatic N) is 3. The van der Waals surface area contributed by atoms with E-state index >= 15 is 0 Å². The largest absolute Gasteiger partial charge is 0.440 e. The second-order valence-corrected chi connectivity index (χ2v) is 3.13. The van der Waals surface area contributed by atoms with Crippen molar-refractivity contribution in [2.24, 2.45) is 0 Å². The van der Waals surface area contributed by atoms with Gasteiger partial charge in [0.05, 0.1) is 0 Å². The third kappa shape index (κ3) is 1.36. The summed E-state index contributed by atoms with van der Waals surface area (Å²) in [6.07, 6.45) is 0.844. The van der Waals surface area contributed by atoms with Gasteiger partial charge < -0.3 is 4.90 Å². The summed E-state index contributed by atoms with van der Waals surface area (Å²) in [5.74, 6) is -0.479. The Hall–Kier alpha value is -1.79. The first-order valence-corrected chi connectivity index (χ1v) is 4.27. The summed E-state index contributed by atoms with van der Waals surface area (Å²) in [5, 5.41) is 3.46. The van der Waals surface area contributed by atoms with Crippen LogP contribution in [0.2, 0.25) is 0 Å². The van der Waals surface area contributed by atoms with Crippen molar-refractivity contribution in [2.75, 3.05) is 25.0 Å². The molecule has 0 unspecified atom stereocenters. The highest BCUT2D eigenvalue weighted by atomic mass is 16.5. The van der Waals surface area contributed by atoms with Crippen LogP contribution in [0.5, 0.6) is 0 Å². The van der Waals surface area contributed by atoms with Crippen LogP contribution in [0.3, 0.4) is 0 Å². The third-order valence-electron chi connectivity index (χ3n) is 2.12. The van der Waals surface area contributed by atoms with Gasteiger partial charge >= 0.3 is 11.8 Å². The standard InChI is InChI=1S/C7H10N4O3/c1-10-3-2-4-11(7(10)13)5-8-6(12)14-9-5/h2-4H2,1H3,(H,8,9,12). The van der Waals surface area contributed by atoms with E-state index in [1.807, 2.05) is 0 Å². The molecule has 2 heterocycles. The lowest BCUT2D eigenvalue weighted by atomic mass is 10.3. The first-order chi connectivity index (χ1) is 6.68. The predicted octanol–water partition coefficient (Wildman–Crippen LogP) is -0.375. The number of aromatic nitrogens is 2. The molecule has 0 spiro atoms. The first kappa shape index (κ1) is 8.79. The molecule has 1 aromatic heterocycles. The highest BCUT2D eigenvalue weighted by Crippen LogP contribution is 2.12. The van der Waals surface area contributed by atoms with Crippen LogP contribution in [-0.4, -0.2) is 41.2 Å². The van der Waals surface area contributed by atoms with E-state index in [4.69, 9.17) is 0 Å². The van der Waals surface area contributed by atoms with E-state index in [-0.39, 0.29) is 12.0 Å². The number of amides is 2. The molecule has 2 amide bonds. The molecule has 1 fully saturated rings. The predicted molar refractivity (Wildman–Crippen MR) is 47.1 cm³/mol. The van der Waals surface area contributed by atoms with Crippen LogP contribution >= 0.6 is 0 Å². The Labute approximate surface area is 79.3 Å². The number of aromatic amines is 1. The molecule has 0 radical (unpaired) electrons. The zero-order chi connectivity index (χ0) is 10.1. The fourth-order valence-corrected chi connectivity index (χ4v) is 1.40. The third-order valence-corrected chi connectivity index (χ3v) is 2.12. The topological polar surface area (TPSA) is 82.4 Å². The zero-order valence-electron chi connectivity index (χ0n) is 7.69. The van der Waals surface area contributed by atoms with Crippen molar-refractivity contribution in [2.45, 2.75) is 6.42 Å². The zero-order valence-corrected chi connectivity index (χ0v) is 7.69. The van der Waals surface area contributed by atoms with Crippen molar-refractivity contribution in [1.82, 2.24) is 15.0 Å². The maximum atomic E-state index is 11.6. The number of hydrogen-bond donors (Lipinski definition) is 1. The second kappa shape index (κ2) is 3.17. The van der Waals surface area contributed by atoms with Gasteiger partial charge in [0.2, 0.25) is 0 Å². The number of H-pyrrole nitrogens is 1. The van der Waals surface area contributed by atoms with Crippen molar-refractivity contribution in [1.29, 1.82) is 0 Å². The van der Waals surface area contributed by atoms with Crippen LogP contribution in [0.1, 0.15) is 6.42 Å². The van der Waals surface area contributed by atoms with Gasteiger partial charge in [-0.25, -0.2) is 9.59 Å². The molecule has 0 atom stereocenters. The van der Waals surface area contributed by atoms with E-state index in [1.165, 1.54) is 4.90 Å². The first-order valence-electron chi connectivity index (χ1n) is 4.27. The van der Waals surface area contributed by atoms with Crippen molar-refractivity contribution in [3.8, 4) is 0 Å². The van der Waals surface area contributed by atoms with Gasteiger partial charge in [-0.05, 0) is 11.6 Å². The molecule has 14 heavy (non-hydrogen) atoms. The van der Waals surface area contributed by atoms with E-state index in [2.05, 4.69) is 14.7 Å². The number of carbonyl (C=O) groups excluding carboxylic acids is 1. The van der Waals surface area contributed by atoms with Gasteiger partial charge in [-0.15, -0.1) is 0 Å². The molecule has 0 aromatic carbocycles. The summed E-state index contributed by atoms with van der Waals surface area (Å²) in [6.45, 7) is 1.27. The molecule has 7 nitrogen and oxygen atoms in total. The number of nitrogens with one attached hydrogen (secondary N) is 1. The Kier molecular flexibility index (Phi) is 1.99. The molecular weight excluding hydrogens is 188 g/mol. The lowest BCUT2D eigenvalue weighted by molar-refractivity contribution is 0.206. The van der Waals surface area contributed by atoms with E-state index in [1.54, 1.807) is 11.9 Å². The Morgan fingerprint density at radius 2 is 2.21 bits per heavy atom. The molecule has 1 saturated heterocycles. The van der Waals surface area contributed by atoms with E-state index in [0.717, 1.165) is 13.0 Å². The fraction of sp³-hybridized carbons (Fsp3) is 0.571. The smallest absolute Gasteiger partial charge is 0.327 e. The SMILES string of the molecule is CN1CCCN(c2noc(=O)[nH]2)C1=O. The number of carbonyl (C=O) groups is 1. The Morgan fingerprint density at radius 1 is 1.43 bits per heavy atom. The summed E-state index contributed by atoms with van der Waals surface area (Å²) >= 11 is 0. The summed E-state index contributed by atoms with van der Waals surface area (Å²) in [6, 6.07) is -0.180. The van der Waals surface area contributed by atoms with Gasteiger partial charge in [-0.1, -0.05) is 0 Å². The summed E-state index contributed by atoms with van der Waals surface area (Å²) in [5.41, 5.74) is 0. The molecule has 76 valence electrons. The molecule has 0 aliphatic carbocycles. The monoisotopic (exact) mass is 198 g/mol. The molecule has 1 aliphatic rings. The average Bonchev–Trinajstić information content (AvgIpc) is 2.57. The molecule has 0 bridgehead atoms. The lowest BCUT2D eigenvalue weighted by Gasteiger charge is -2.30. The molecule has 0 saturated carbocycles. The van der Waals surface area contributed by atoms with Crippen LogP contribution in [0.4, 0.5) is 10.7 Å². The Morgan fingerprint density at radius 3 is 2.86 bits per heavy atom. The quantitative estimate of drug-likeness (QED) is 0.667. The van der Waals surface area contributed by atoms with Gasteiger partial charge in [0.1, 0.15) is 0 Å². The minimum Gasteiger partial charge on any atom is -0.327 e. The second-order valence-electron chi connectivity index (χ2n) is 3.13. The maximum Gasteiger partial charge on any atom is 0.440 e. The van der Waals surface area contributed by atoms with Gasteiger partial charge in [-0.3, -0.25) is 14.4 Å². The Bertz CT molecular complexity index is 396. The highest BCUT2D eigenvalue weighted by Gasteiger charge is 2.26. The van der Waals surface area contributed by atoms with Crippen molar-refractivity contribution in [3.63, 3.8) is 0 Å². The van der Waals surface area contributed by atoms with Crippen molar-refractivity contribution < 1.29 is 9.32 Å². The fourth-order valence-electron chi connectivity index (χ4n) is 1.40. The molecule has 1 aromatic rings. The van der Waals surface area contributed by atoms with E-state index in [9.17, 15) is 9.59 Å². The molecule has 2 rings (SSSR count). The minimum absolute atomic E-state index is 0.173. The lowest BCUT2D eigenvalue weighted by Crippen LogP contribution is -2.48. The maximum absolute atomic E-state index is 11.6. The van der Waals surface area contributed by atoms with E-state index in [0.29, 0.717) is 6.54 Å². The van der Waals surface area contributed by atoms with Gasteiger partial charge in [0.15, 0.2) is 0 Å². The Balaban J connectivity index is 2.25. The molecule has 1 N–H and O–H groups in total. The number of urea groups is 1. The number of hydrogen-bond acceptors (Lipinski definition) is 4. The number of anilines is 1. The highest BCUT2D eigenvalue weighted by molar-refractivity contribution is 5.90. The van der Waals surface area contributed by atoms with Gasteiger partial charge in [0.25, 0.3) is 5.95 Å². The summed E-state index contributed by atoms with van der Waals surface area (Å²) < 4.78 is 4.33. The summed E-state index contributed by atoms with van der Waals surface area (Å²) in [7, 11) is 1.70.